The van der Waals surface area contributed by atoms with Crippen molar-refractivity contribution in [1.82, 2.24) is 4.57 Å². The number of ether oxygens (including phenoxy) is 1. The molecule has 26 heavy (non-hydrogen) atoms. The summed E-state index contributed by atoms with van der Waals surface area (Å²) in [5.41, 5.74) is 2.39. The van der Waals surface area contributed by atoms with Crippen LogP contribution in [0.1, 0.15) is 34.1 Å². The lowest BCUT2D eigenvalue weighted by molar-refractivity contribution is 0.0172. The molecule has 3 aromatic rings. The van der Waals surface area contributed by atoms with Crippen LogP contribution >= 0.6 is 0 Å². The zero-order valence-electron chi connectivity index (χ0n) is 16.4. The van der Waals surface area contributed by atoms with Gasteiger partial charge in [0.15, 0.2) is 7.85 Å². The highest BCUT2D eigenvalue weighted by Gasteiger charge is 2.28. The number of fused-ring (bicyclic) bond motifs is 1. The molecule has 3 rings (SSSR count). The number of rotatable bonds is 6. The SMILES string of the molecule is BC(C)(CC(C)(C)O)Oc1ccc2cc(-c3ccccc3)n(CC)c2c1. The fourth-order valence-electron chi connectivity index (χ4n) is 3.88. The summed E-state index contributed by atoms with van der Waals surface area (Å²) in [6.07, 6.45) is 0.558. The molecular formula is C22H28BNO2. The van der Waals surface area contributed by atoms with Crippen LogP contribution in [0.15, 0.2) is 54.6 Å². The molecule has 0 bridgehead atoms. The van der Waals surface area contributed by atoms with Crippen LogP contribution in [0.5, 0.6) is 5.75 Å². The van der Waals surface area contributed by atoms with E-state index in [1.54, 1.807) is 0 Å². The van der Waals surface area contributed by atoms with E-state index in [4.69, 9.17) is 4.74 Å². The Morgan fingerprint density at radius 3 is 2.35 bits per heavy atom. The molecule has 1 aromatic heterocycles. The fourth-order valence-corrected chi connectivity index (χ4v) is 3.88. The maximum Gasteiger partial charge on any atom is 0.158 e. The van der Waals surface area contributed by atoms with Gasteiger partial charge in [0.1, 0.15) is 5.75 Å². The van der Waals surface area contributed by atoms with Gasteiger partial charge in [-0.1, -0.05) is 30.3 Å². The average molecular weight is 349 g/mol. The van der Waals surface area contributed by atoms with Gasteiger partial charge in [0.2, 0.25) is 0 Å². The summed E-state index contributed by atoms with van der Waals surface area (Å²) in [4.78, 5) is 0. The second kappa shape index (κ2) is 6.84. The van der Waals surface area contributed by atoms with E-state index in [2.05, 4.69) is 54.0 Å². The van der Waals surface area contributed by atoms with Gasteiger partial charge >= 0.3 is 0 Å². The molecule has 1 unspecified atom stereocenters. The van der Waals surface area contributed by atoms with Gasteiger partial charge < -0.3 is 14.4 Å². The average Bonchev–Trinajstić information content (AvgIpc) is 2.90. The maximum absolute atomic E-state index is 10.1. The van der Waals surface area contributed by atoms with Crippen molar-refractivity contribution in [1.29, 1.82) is 0 Å². The Labute approximate surface area is 157 Å². The molecule has 0 amide bonds. The Bertz CT molecular complexity index is 892. The monoisotopic (exact) mass is 349 g/mol. The zero-order valence-corrected chi connectivity index (χ0v) is 16.4. The van der Waals surface area contributed by atoms with Crippen LogP contribution < -0.4 is 4.74 Å². The third-order valence-electron chi connectivity index (χ3n) is 4.51. The van der Waals surface area contributed by atoms with Gasteiger partial charge in [-0.05, 0) is 51.5 Å². The van der Waals surface area contributed by atoms with Crippen molar-refractivity contribution < 1.29 is 9.84 Å². The van der Waals surface area contributed by atoms with Gasteiger partial charge in [0, 0.05) is 30.1 Å². The highest BCUT2D eigenvalue weighted by Crippen LogP contribution is 2.32. The topological polar surface area (TPSA) is 34.4 Å². The van der Waals surface area contributed by atoms with Crippen LogP contribution in [0.3, 0.4) is 0 Å². The minimum atomic E-state index is -0.766. The Balaban J connectivity index is 1.98. The van der Waals surface area contributed by atoms with Gasteiger partial charge in [-0.3, -0.25) is 0 Å². The van der Waals surface area contributed by atoms with Crippen molar-refractivity contribution in [3.63, 3.8) is 0 Å². The molecule has 1 atom stereocenters. The van der Waals surface area contributed by atoms with Crippen molar-refractivity contribution in [2.75, 3.05) is 0 Å². The molecule has 2 aromatic carbocycles. The predicted octanol–water partition coefficient (Wildman–Crippen LogP) is 4.22. The second-order valence-corrected chi connectivity index (χ2v) is 8.21. The summed E-state index contributed by atoms with van der Waals surface area (Å²) in [5, 5.41) is 11.3. The van der Waals surface area contributed by atoms with Crippen LogP contribution in [0.4, 0.5) is 0 Å². The molecule has 0 saturated heterocycles. The molecule has 1 heterocycles. The second-order valence-electron chi connectivity index (χ2n) is 8.21. The van der Waals surface area contributed by atoms with E-state index in [0.29, 0.717) is 6.42 Å². The molecule has 3 nitrogen and oxygen atoms in total. The lowest BCUT2D eigenvalue weighted by Gasteiger charge is -2.32. The van der Waals surface area contributed by atoms with Gasteiger partial charge in [-0.2, -0.15) is 0 Å². The summed E-state index contributed by atoms with van der Waals surface area (Å²) in [6.45, 7) is 8.71. The lowest BCUT2D eigenvalue weighted by atomic mass is 9.75. The standard InChI is InChI=1S/C22H28BNO2/c1-5-24-19(16-9-7-6-8-10-16)13-17-11-12-18(14-20(17)24)26-22(4,23)15-21(2,3)25/h6-14,25H,5,15,23H2,1-4H3. The molecule has 0 aliphatic heterocycles. The molecule has 0 spiro atoms. The summed E-state index contributed by atoms with van der Waals surface area (Å²) in [7, 11) is 2.02. The Morgan fingerprint density at radius 1 is 1.04 bits per heavy atom. The van der Waals surface area contributed by atoms with Gasteiger partial charge in [0.05, 0.1) is 16.6 Å². The van der Waals surface area contributed by atoms with E-state index >= 15 is 0 Å². The van der Waals surface area contributed by atoms with E-state index in [0.717, 1.165) is 12.3 Å². The smallest absolute Gasteiger partial charge is 0.158 e. The zero-order chi connectivity index (χ0) is 18.9. The number of aryl methyl sites for hydroxylation is 1. The van der Waals surface area contributed by atoms with E-state index in [-0.39, 0.29) is 0 Å². The largest absolute Gasteiger partial charge is 0.497 e. The molecule has 1 N–H and O–H groups in total. The van der Waals surface area contributed by atoms with Crippen molar-refractivity contribution in [2.45, 2.75) is 51.8 Å². The van der Waals surface area contributed by atoms with Gasteiger partial charge in [-0.25, -0.2) is 0 Å². The molecule has 0 fully saturated rings. The highest BCUT2D eigenvalue weighted by atomic mass is 16.5. The van der Waals surface area contributed by atoms with Crippen LogP contribution in [0.25, 0.3) is 22.2 Å². The van der Waals surface area contributed by atoms with E-state index in [1.807, 2.05) is 40.8 Å². The van der Waals surface area contributed by atoms with Crippen LogP contribution in [0.2, 0.25) is 0 Å². The number of aromatic nitrogens is 1. The normalized spacial score (nSPS) is 14.3. The molecular weight excluding hydrogens is 321 g/mol. The summed E-state index contributed by atoms with van der Waals surface area (Å²) in [6, 6.07) is 18.9. The Morgan fingerprint density at radius 2 is 1.73 bits per heavy atom. The molecule has 4 heteroatoms. The number of aliphatic hydroxyl groups is 1. The molecule has 0 aliphatic rings. The molecule has 0 radical (unpaired) electrons. The summed E-state index contributed by atoms with van der Waals surface area (Å²) >= 11 is 0. The lowest BCUT2D eigenvalue weighted by Crippen LogP contribution is -2.40. The molecule has 0 saturated carbocycles. The maximum atomic E-state index is 10.1. The Hall–Kier alpha value is -2.20. The summed E-state index contributed by atoms with van der Waals surface area (Å²) in [5.74, 6) is 0.833. The quantitative estimate of drug-likeness (QED) is 0.676. The molecule has 136 valence electrons. The van der Waals surface area contributed by atoms with Crippen molar-refractivity contribution >= 4 is 18.7 Å². The Kier molecular flexibility index (Phi) is 4.89. The van der Waals surface area contributed by atoms with E-state index < -0.39 is 11.1 Å². The van der Waals surface area contributed by atoms with Crippen molar-refractivity contribution in [2.24, 2.45) is 0 Å². The minimum absolute atomic E-state index is 0.447. The predicted molar refractivity (Wildman–Crippen MR) is 112 cm³/mol. The van der Waals surface area contributed by atoms with Crippen molar-refractivity contribution in [3.05, 3.63) is 54.6 Å². The number of hydrogen-bond donors (Lipinski definition) is 1. The van der Waals surface area contributed by atoms with E-state index in [9.17, 15) is 5.11 Å². The van der Waals surface area contributed by atoms with Crippen molar-refractivity contribution in [3.8, 4) is 17.0 Å². The first kappa shape index (κ1) is 18.6. The van der Waals surface area contributed by atoms with Crippen LogP contribution in [-0.2, 0) is 6.54 Å². The fraction of sp³-hybridized carbons (Fsp3) is 0.364. The minimum Gasteiger partial charge on any atom is -0.497 e. The first-order valence-electron chi connectivity index (χ1n) is 9.29. The number of hydrogen-bond acceptors (Lipinski definition) is 2. The van der Waals surface area contributed by atoms with Crippen LogP contribution in [0, 0.1) is 0 Å². The molecule has 0 aliphatic carbocycles. The first-order chi connectivity index (χ1) is 12.2. The third-order valence-corrected chi connectivity index (χ3v) is 4.51. The van der Waals surface area contributed by atoms with Crippen LogP contribution in [-0.4, -0.2) is 28.6 Å². The highest BCUT2D eigenvalue weighted by molar-refractivity contribution is 6.14. The van der Waals surface area contributed by atoms with Gasteiger partial charge in [-0.15, -0.1) is 0 Å². The van der Waals surface area contributed by atoms with E-state index in [1.165, 1.54) is 22.2 Å². The van der Waals surface area contributed by atoms with Gasteiger partial charge in [0.25, 0.3) is 0 Å². The number of benzene rings is 2. The summed E-state index contributed by atoms with van der Waals surface area (Å²) < 4.78 is 8.55. The number of nitrogens with zero attached hydrogens (tertiary/aromatic N) is 1. The first-order valence-corrected chi connectivity index (χ1v) is 9.29. The third kappa shape index (κ3) is 4.13.